The number of benzene rings is 2. The Labute approximate surface area is 343 Å². The predicted molar refractivity (Wildman–Crippen MR) is 171 cm³/mol. The molecule has 0 saturated heterocycles. The Morgan fingerprint density at radius 1 is 1.06 bits per heavy atom. The van der Waals surface area contributed by atoms with Crippen LogP contribution in [0.3, 0.4) is 0 Å². The minimum absolute atomic E-state index is 0. The van der Waals surface area contributed by atoms with Crippen molar-refractivity contribution in [3.05, 3.63) is 87.4 Å². The van der Waals surface area contributed by atoms with E-state index in [0.717, 1.165) is 16.2 Å². The van der Waals surface area contributed by atoms with Crippen molar-refractivity contribution in [3.8, 4) is 5.75 Å². The quantitative estimate of drug-likeness (QED) is 0.0469. The van der Waals surface area contributed by atoms with E-state index in [9.17, 15) is 18.9 Å². The number of carbonyl (C=O) groups is 3. The molecule has 0 spiro atoms. The molecule has 2 amide bonds. The molecule has 2 aromatic carbocycles. The van der Waals surface area contributed by atoms with Crippen molar-refractivity contribution in [2.45, 2.75) is 40.5 Å². The standard InChI is InChI=1S/C30H37N6O9P.K.Na/c1-6-14-35(30(39)44-18-43-26(37)15-21-9-12-23(13-10-21)45-46(40,41)42)29(38)24-17-36(32-5)27(20(24)4)28(31)34-25-16-22(33-7-2)11-8-19(25)3;;/h8-13,16-17H,6-7,14-15,18H2,1-5H3,(H2,31,34)(H2,40,41,42);;/q-2;2*+1. The summed E-state index contributed by atoms with van der Waals surface area (Å²) in [7, 11) is -3.19. The summed E-state index contributed by atoms with van der Waals surface area (Å²) in [5.41, 5.74) is 14.3. The fourth-order valence-electron chi connectivity index (χ4n) is 4.34. The maximum atomic E-state index is 13.6. The number of esters is 1. The summed E-state index contributed by atoms with van der Waals surface area (Å²) < 4.78 is 26.9. The monoisotopic (exact) mass is 718 g/mol. The van der Waals surface area contributed by atoms with Gasteiger partial charge in [0.15, 0.2) is 0 Å². The smallest absolute Gasteiger partial charge is 0.684 e. The molecule has 0 aliphatic heterocycles. The van der Waals surface area contributed by atoms with Crippen LogP contribution in [0.15, 0.2) is 53.7 Å². The van der Waals surface area contributed by atoms with Crippen LogP contribution in [0.25, 0.3) is 10.7 Å². The maximum Gasteiger partial charge on any atom is 1.00 e. The zero-order chi connectivity index (χ0) is 34.0. The van der Waals surface area contributed by atoms with Gasteiger partial charge in [-0.2, -0.15) is 0 Å². The van der Waals surface area contributed by atoms with E-state index >= 15 is 0 Å². The third kappa shape index (κ3) is 12.6. The zero-order valence-electron chi connectivity index (χ0n) is 28.2. The number of phosphoric acid groups is 1. The molecule has 0 fully saturated rings. The van der Waals surface area contributed by atoms with Gasteiger partial charge in [-0.05, 0) is 49.1 Å². The largest absolute Gasteiger partial charge is 1.00 e. The first-order chi connectivity index (χ1) is 21.8. The molecule has 248 valence electrons. The van der Waals surface area contributed by atoms with Crippen molar-refractivity contribution in [1.29, 1.82) is 0 Å². The second kappa shape index (κ2) is 20.5. The number of carbonyl (C=O) groups excluding carboxylic acids is 3. The number of imide groups is 1. The number of nitrogens with zero attached hydrogens (tertiary/aromatic N) is 5. The fraction of sp³-hybridized carbons (Fsp3) is 0.333. The summed E-state index contributed by atoms with van der Waals surface area (Å²) in [5, 5.41) is 4.40. The van der Waals surface area contributed by atoms with E-state index in [0.29, 0.717) is 35.5 Å². The summed E-state index contributed by atoms with van der Waals surface area (Å²) in [5.74, 6) is -1.38. The summed E-state index contributed by atoms with van der Waals surface area (Å²) in [6.45, 7) is 7.16. The number of aryl methyl sites for hydroxylation is 1. The van der Waals surface area contributed by atoms with Crippen molar-refractivity contribution in [1.82, 2.24) is 9.58 Å². The van der Waals surface area contributed by atoms with E-state index in [1.165, 1.54) is 42.2 Å². The maximum absolute atomic E-state index is 13.6. The van der Waals surface area contributed by atoms with Gasteiger partial charge >= 0.3 is 101 Å². The molecule has 4 N–H and O–H groups in total. The van der Waals surface area contributed by atoms with Crippen molar-refractivity contribution in [2.24, 2.45) is 10.7 Å². The second-order valence-corrected chi connectivity index (χ2v) is 11.1. The molecule has 0 unspecified atom stereocenters. The van der Waals surface area contributed by atoms with Crippen LogP contribution in [-0.4, -0.2) is 70.1 Å². The number of hydrogen-bond acceptors (Lipinski definition) is 8. The number of hydrogen-bond donors (Lipinski definition) is 3. The molecule has 1 aromatic heterocycles. The Kier molecular flexibility index (Phi) is 18.7. The first-order valence-electron chi connectivity index (χ1n) is 14.2. The third-order valence-electron chi connectivity index (χ3n) is 6.51. The first kappa shape index (κ1) is 43.8. The fourth-order valence-corrected chi connectivity index (χ4v) is 4.74. The van der Waals surface area contributed by atoms with Crippen LogP contribution in [0.4, 0.5) is 16.2 Å². The molecular formula is C30H37KN6NaO9P. The summed E-state index contributed by atoms with van der Waals surface area (Å²) in [6.07, 6.45) is 0.642. The molecule has 0 aliphatic rings. The molecule has 0 atom stereocenters. The average molecular weight is 719 g/mol. The van der Waals surface area contributed by atoms with Crippen LogP contribution < -0.4 is 91.2 Å². The number of ether oxygens (including phenoxy) is 2. The van der Waals surface area contributed by atoms with Gasteiger partial charge in [-0.3, -0.25) is 19.4 Å². The number of rotatable bonds is 14. The van der Waals surface area contributed by atoms with Gasteiger partial charge in [0, 0.05) is 12.7 Å². The zero-order valence-corrected chi connectivity index (χ0v) is 34.2. The van der Waals surface area contributed by atoms with Gasteiger partial charge in [0.1, 0.15) is 11.6 Å². The Balaban J connectivity index is 0.00000576. The minimum Gasteiger partial charge on any atom is -0.684 e. The Morgan fingerprint density at radius 2 is 1.73 bits per heavy atom. The Hall–Kier alpha value is -2.21. The van der Waals surface area contributed by atoms with E-state index in [1.54, 1.807) is 13.8 Å². The molecule has 0 aliphatic carbocycles. The third-order valence-corrected chi connectivity index (χ3v) is 6.96. The average Bonchev–Trinajstić information content (AvgIpc) is 3.33. The molecule has 0 radical (unpaired) electrons. The number of amidine groups is 1. The Bertz CT molecular complexity index is 1650. The number of aromatic nitrogens is 1. The topological polar surface area (TPSA) is 211 Å². The number of aliphatic imine (C=N–C) groups is 1. The van der Waals surface area contributed by atoms with Gasteiger partial charge in [0.05, 0.1) is 23.4 Å². The molecule has 18 heteroatoms. The summed E-state index contributed by atoms with van der Waals surface area (Å²) in [4.78, 5) is 62.0. The molecule has 0 bridgehead atoms. The van der Waals surface area contributed by atoms with Crippen molar-refractivity contribution in [3.63, 3.8) is 0 Å². The van der Waals surface area contributed by atoms with Crippen LogP contribution in [0.5, 0.6) is 5.75 Å². The predicted octanol–water partition coefficient (Wildman–Crippen LogP) is -0.855. The van der Waals surface area contributed by atoms with Crippen molar-refractivity contribution >= 4 is 43.0 Å². The molecule has 15 nitrogen and oxygen atoms in total. The van der Waals surface area contributed by atoms with Crippen molar-refractivity contribution in [2.75, 3.05) is 26.9 Å². The van der Waals surface area contributed by atoms with Crippen LogP contribution in [-0.2, 0) is 25.3 Å². The second-order valence-electron chi connectivity index (χ2n) is 9.91. The molecule has 48 heavy (non-hydrogen) atoms. The van der Waals surface area contributed by atoms with E-state index in [4.69, 9.17) is 25.0 Å². The van der Waals surface area contributed by atoms with Gasteiger partial charge in [-0.1, -0.05) is 44.2 Å². The minimum atomic E-state index is -4.71. The van der Waals surface area contributed by atoms with Crippen molar-refractivity contribution < 1.29 is 124 Å². The van der Waals surface area contributed by atoms with E-state index < -0.39 is 32.6 Å². The van der Waals surface area contributed by atoms with Gasteiger partial charge in [0.25, 0.3) is 5.91 Å². The van der Waals surface area contributed by atoms with Gasteiger partial charge in [-0.25, -0.2) is 19.3 Å². The summed E-state index contributed by atoms with van der Waals surface area (Å²) in [6, 6.07) is 11.0. The van der Waals surface area contributed by atoms with Crippen LogP contribution >= 0.6 is 7.82 Å². The van der Waals surface area contributed by atoms with Gasteiger partial charge < -0.3 is 35.1 Å². The SMILES string of the molecule is CCCN(C(=O)OCOC(=O)Cc1ccc(OP(=O)(O)O)cc1)C(=O)c1cn([N-]C)c(C(N)=Nc2cc([N-]CC)ccc2C)c1C.[K+].[Na+]. The molecule has 3 aromatic rings. The summed E-state index contributed by atoms with van der Waals surface area (Å²) >= 11 is 0. The number of amides is 2. The van der Waals surface area contributed by atoms with Gasteiger partial charge in [-0.15, -0.1) is 19.3 Å². The number of phosphoric ester groups is 1. The first-order valence-corrected chi connectivity index (χ1v) is 15.7. The van der Waals surface area contributed by atoms with E-state index in [2.05, 4.69) is 20.3 Å². The molecular weight excluding hydrogens is 681 g/mol. The Morgan fingerprint density at radius 3 is 2.31 bits per heavy atom. The van der Waals surface area contributed by atoms with Crippen LogP contribution in [0, 0.1) is 13.8 Å². The van der Waals surface area contributed by atoms with E-state index in [1.807, 2.05) is 32.0 Å². The molecule has 1 heterocycles. The molecule has 0 saturated carbocycles. The van der Waals surface area contributed by atoms with Gasteiger partial charge in [0.2, 0.25) is 6.79 Å². The normalized spacial score (nSPS) is 11.0. The van der Waals surface area contributed by atoms with Crippen LogP contribution in [0.1, 0.15) is 53.0 Å². The van der Waals surface area contributed by atoms with Crippen LogP contribution in [0.2, 0.25) is 0 Å². The number of nitrogens with two attached hydrogens (primary N) is 1. The van der Waals surface area contributed by atoms with E-state index in [-0.39, 0.29) is 111 Å². The molecule has 3 rings (SSSR count).